The van der Waals surface area contributed by atoms with Gasteiger partial charge in [-0.25, -0.2) is 8.42 Å². The number of rotatable bonds is 6. The molecule has 1 fully saturated rings. The number of carbonyl (C=O) groups is 2. The molecule has 1 saturated heterocycles. The summed E-state index contributed by atoms with van der Waals surface area (Å²) in [6, 6.07) is -0.384. The van der Waals surface area contributed by atoms with Gasteiger partial charge in [-0.15, -0.1) is 0 Å². The fraction of sp³-hybridized carbons (Fsp3) is 0.667. The van der Waals surface area contributed by atoms with Gasteiger partial charge < -0.3 is 9.64 Å². The number of ether oxygens (including phenoxy) is 1. The van der Waals surface area contributed by atoms with Crippen LogP contribution in [0.5, 0.6) is 0 Å². The maximum absolute atomic E-state index is 12.5. The minimum atomic E-state index is -3.12. The van der Waals surface area contributed by atoms with Crippen molar-refractivity contribution in [2.24, 2.45) is 0 Å². The smallest absolute Gasteiger partial charge is 0.326 e. The molecular weight excluding hydrogens is 368 g/mol. The fourth-order valence-electron chi connectivity index (χ4n) is 2.86. The lowest BCUT2D eigenvalue weighted by Crippen LogP contribution is -2.46. The van der Waals surface area contributed by atoms with Crippen LogP contribution in [0.2, 0.25) is 0 Å². The summed E-state index contributed by atoms with van der Waals surface area (Å²) < 4.78 is 29.7. The van der Waals surface area contributed by atoms with Crippen molar-refractivity contribution >= 4 is 33.1 Å². The SMILES string of the molecule is CCN(C(=O)[C@H](C)OC(=O)Cn1c(C)csc1=O)[C@H]1CCS(=O)(=O)C1. The zero-order valence-electron chi connectivity index (χ0n) is 14.4. The van der Waals surface area contributed by atoms with E-state index < -0.39 is 27.8 Å². The summed E-state index contributed by atoms with van der Waals surface area (Å²) in [6.45, 7) is 5.00. The zero-order valence-corrected chi connectivity index (χ0v) is 16.1. The van der Waals surface area contributed by atoms with E-state index in [2.05, 4.69) is 0 Å². The van der Waals surface area contributed by atoms with Crippen LogP contribution in [0.15, 0.2) is 10.2 Å². The Balaban J connectivity index is 1.99. The lowest BCUT2D eigenvalue weighted by molar-refractivity contribution is -0.160. The van der Waals surface area contributed by atoms with E-state index in [0.29, 0.717) is 18.7 Å². The molecule has 2 rings (SSSR count). The Morgan fingerprint density at radius 2 is 2.16 bits per heavy atom. The van der Waals surface area contributed by atoms with Gasteiger partial charge in [0.15, 0.2) is 15.9 Å². The first-order valence-electron chi connectivity index (χ1n) is 8.00. The predicted octanol–water partition coefficient (Wildman–Crippen LogP) is 0.186. The van der Waals surface area contributed by atoms with E-state index in [1.807, 2.05) is 0 Å². The molecule has 0 aromatic carbocycles. The maximum Gasteiger partial charge on any atom is 0.326 e. The molecule has 0 spiro atoms. The summed E-state index contributed by atoms with van der Waals surface area (Å²) in [7, 11) is -3.12. The van der Waals surface area contributed by atoms with Crippen LogP contribution in [-0.2, 0) is 30.7 Å². The first kappa shape index (κ1) is 19.6. The molecule has 0 radical (unpaired) electrons. The molecule has 140 valence electrons. The molecule has 0 aliphatic carbocycles. The van der Waals surface area contributed by atoms with Crippen molar-refractivity contribution in [2.75, 3.05) is 18.1 Å². The number of nitrogens with zero attached hydrogens (tertiary/aromatic N) is 2. The summed E-state index contributed by atoms with van der Waals surface area (Å²) in [5.74, 6) is -1.10. The van der Waals surface area contributed by atoms with E-state index in [0.717, 1.165) is 11.3 Å². The Labute approximate surface area is 150 Å². The molecule has 0 saturated carbocycles. The second kappa shape index (κ2) is 7.69. The molecule has 10 heteroatoms. The van der Waals surface area contributed by atoms with Gasteiger partial charge in [0, 0.05) is 23.7 Å². The monoisotopic (exact) mass is 390 g/mol. The van der Waals surface area contributed by atoms with Crippen molar-refractivity contribution in [3.8, 4) is 0 Å². The normalized spacial score (nSPS) is 20.2. The Hall–Kier alpha value is -1.68. The summed E-state index contributed by atoms with van der Waals surface area (Å²) >= 11 is 0.991. The zero-order chi connectivity index (χ0) is 18.8. The molecule has 2 atom stereocenters. The van der Waals surface area contributed by atoms with Crippen molar-refractivity contribution < 1.29 is 22.7 Å². The third kappa shape index (κ3) is 4.69. The van der Waals surface area contributed by atoms with E-state index in [1.54, 1.807) is 19.2 Å². The number of hydrogen-bond acceptors (Lipinski definition) is 7. The third-order valence-electron chi connectivity index (χ3n) is 4.19. The number of sulfone groups is 1. The number of aromatic nitrogens is 1. The van der Waals surface area contributed by atoms with Crippen molar-refractivity contribution in [2.45, 2.75) is 45.9 Å². The molecule has 1 aliphatic heterocycles. The Morgan fingerprint density at radius 3 is 2.64 bits per heavy atom. The molecule has 8 nitrogen and oxygen atoms in total. The standard InChI is InChI=1S/C15H22N2O6S2/c1-4-16(12-5-6-25(21,22)9-12)14(19)11(3)23-13(18)7-17-10(2)8-24-15(17)20/h8,11-12H,4-7,9H2,1-3H3/t11-,12-/m0/s1. The van der Waals surface area contributed by atoms with Crippen molar-refractivity contribution in [1.29, 1.82) is 0 Å². The van der Waals surface area contributed by atoms with Crippen LogP contribution in [0.1, 0.15) is 26.0 Å². The summed E-state index contributed by atoms with van der Waals surface area (Å²) in [5, 5.41) is 1.64. The summed E-state index contributed by atoms with van der Waals surface area (Å²) in [4.78, 5) is 37.4. The minimum absolute atomic E-state index is 0.0588. The fourth-order valence-corrected chi connectivity index (χ4v) is 5.32. The van der Waals surface area contributed by atoms with Gasteiger partial charge in [-0.1, -0.05) is 11.3 Å². The summed E-state index contributed by atoms with van der Waals surface area (Å²) in [6.07, 6.45) is -0.642. The number of hydrogen-bond donors (Lipinski definition) is 0. The van der Waals surface area contributed by atoms with E-state index in [4.69, 9.17) is 4.74 Å². The maximum atomic E-state index is 12.5. The number of thiazole rings is 1. The summed E-state index contributed by atoms with van der Waals surface area (Å²) in [5.41, 5.74) is 0.650. The van der Waals surface area contributed by atoms with Crippen molar-refractivity contribution in [3.63, 3.8) is 0 Å². The minimum Gasteiger partial charge on any atom is -0.451 e. The molecule has 2 heterocycles. The van der Waals surface area contributed by atoms with Gasteiger partial charge >= 0.3 is 10.8 Å². The average Bonchev–Trinajstić information content (AvgIpc) is 3.04. The predicted molar refractivity (Wildman–Crippen MR) is 93.3 cm³/mol. The topological polar surface area (TPSA) is 103 Å². The van der Waals surface area contributed by atoms with Crippen LogP contribution in [0, 0.1) is 6.92 Å². The number of aryl methyl sites for hydroxylation is 1. The van der Waals surface area contributed by atoms with Gasteiger partial charge in [0.05, 0.1) is 11.5 Å². The second-order valence-corrected chi connectivity index (χ2v) is 9.09. The van der Waals surface area contributed by atoms with E-state index in [9.17, 15) is 22.8 Å². The van der Waals surface area contributed by atoms with Crippen LogP contribution in [0.25, 0.3) is 0 Å². The third-order valence-corrected chi connectivity index (χ3v) is 6.82. The highest BCUT2D eigenvalue weighted by Crippen LogP contribution is 2.19. The van der Waals surface area contributed by atoms with Crippen LogP contribution >= 0.6 is 11.3 Å². The van der Waals surface area contributed by atoms with E-state index in [1.165, 1.54) is 16.4 Å². The Bertz CT molecular complexity index is 810. The van der Waals surface area contributed by atoms with Gasteiger partial charge in [0.2, 0.25) is 0 Å². The molecule has 0 unspecified atom stereocenters. The first-order chi connectivity index (χ1) is 11.6. The Morgan fingerprint density at radius 1 is 1.48 bits per heavy atom. The lowest BCUT2D eigenvalue weighted by atomic mass is 10.2. The Kier molecular flexibility index (Phi) is 6.04. The van der Waals surface area contributed by atoms with Gasteiger partial charge in [0.1, 0.15) is 6.54 Å². The number of esters is 1. The highest BCUT2D eigenvalue weighted by atomic mass is 32.2. The van der Waals surface area contributed by atoms with Gasteiger partial charge in [0.25, 0.3) is 5.91 Å². The van der Waals surface area contributed by atoms with Gasteiger partial charge in [-0.2, -0.15) is 0 Å². The highest BCUT2D eigenvalue weighted by Gasteiger charge is 2.36. The highest BCUT2D eigenvalue weighted by molar-refractivity contribution is 7.91. The quantitative estimate of drug-likeness (QED) is 0.642. The van der Waals surface area contributed by atoms with Crippen LogP contribution in [0.4, 0.5) is 0 Å². The molecule has 25 heavy (non-hydrogen) atoms. The molecule has 1 aliphatic rings. The number of carbonyl (C=O) groups excluding carboxylic acids is 2. The van der Waals surface area contributed by atoms with Gasteiger partial charge in [-0.3, -0.25) is 19.0 Å². The number of likely N-dealkylation sites (N-methyl/N-ethyl adjacent to an activating group) is 1. The van der Waals surface area contributed by atoms with Crippen LogP contribution < -0.4 is 4.87 Å². The molecule has 1 aromatic rings. The van der Waals surface area contributed by atoms with Crippen molar-refractivity contribution in [3.05, 3.63) is 20.7 Å². The van der Waals surface area contributed by atoms with E-state index in [-0.39, 0.29) is 29.0 Å². The van der Waals surface area contributed by atoms with Crippen LogP contribution in [-0.4, -0.2) is 60.0 Å². The molecule has 1 amide bonds. The molecule has 1 aromatic heterocycles. The van der Waals surface area contributed by atoms with Crippen molar-refractivity contribution in [1.82, 2.24) is 9.47 Å². The lowest BCUT2D eigenvalue weighted by Gasteiger charge is -2.29. The molecule has 0 N–H and O–H groups in total. The van der Waals surface area contributed by atoms with Gasteiger partial charge in [-0.05, 0) is 27.2 Å². The largest absolute Gasteiger partial charge is 0.451 e. The first-order valence-corrected chi connectivity index (χ1v) is 10.7. The second-order valence-electron chi connectivity index (χ2n) is 6.04. The molecular formula is C15H22N2O6S2. The van der Waals surface area contributed by atoms with Crippen LogP contribution in [0.3, 0.4) is 0 Å². The average molecular weight is 390 g/mol. The van der Waals surface area contributed by atoms with E-state index >= 15 is 0 Å². The molecule has 0 bridgehead atoms. The number of amides is 1.